The Morgan fingerprint density at radius 2 is 1.67 bits per heavy atom. The van der Waals surface area contributed by atoms with Crippen LogP contribution in [0.3, 0.4) is 0 Å². The molecule has 2 rings (SSSR count). The highest BCUT2D eigenvalue weighted by atomic mass is 16.4. The van der Waals surface area contributed by atoms with Crippen LogP contribution in [0.1, 0.15) is 25.7 Å². The van der Waals surface area contributed by atoms with Crippen LogP contribution < -0.4 is 0 Å². The molecule has 2 N–H and O–H groups in total. The third kappa shape index (κ3) is 3.43. The Kier molecular flexibility index (Phi) is 4.97. The van der Waals surface area contributed by atoms with Gasteiger partial charge in [-0.1, -0.05) is 0 Å². The summed E-state index contributed by atoms with van der Waals surface area (Å²) < 4.78 is 0. The Morgan fingerprint density at radius 1 is 1.06 bits per heavy atom. The second-order valence-corrected chi connectivity index (χ2v) is 5.44. The van der Waals surface area contributed by atoms with Gasteiger partial charge in [0, 0.05) is 38.8 Å². The third-order valence-corrected chi connectivity index (χ3v) is 4.39. The summed E-state index contributed by atoms with van der Waals surface area (Å²) >= 11 is 0. The van der Waals surface area contributed by atoms with E-state index in [1.165, 1.54) is 0 Å². The molecular weight excluding hydrogens is 232 g/mol. The van der Waals surface area contributed by atoms with E-state index in [0.717, 1.165) is 58.4 Å². The van der Waals surface area contributed by atoms with Crippen molar-refractivity contribution in [3.63, 3.8) is 0 Å². The summed E-state index contributed by atoms with van der Waals surface area (Å²) in [6.07, 6.45) is 3.71. The molecular formula is C13H24N2O3. The Labute approximate surface area is 108 Å². The van der Waals surface area contributed by atoms with Gasteiger partial charge in [0.15, 0.2) is 0 Å². The largest absolute Gasteiger partial charge is 0.481 e. The Bertz CT molecular complexity index is 269. The van der Waals surface area contributed by atoms with Gasteiger partial charge in [-0.2, -0.15) is 0 Å². The predicted octanol–water partition coefficient (Wildman–Crippen LogP) is 0.240. The lowest BCUT2D eigenvalue weighted by Gasteiger charge is -2.41. The van der Waals surface area contributed by atoms with Gasteiger partial charge in [0.1, 0.15) is 0 Å². The van der Waals surface area contributed by atoms with Crippen LogP contribution >= 0.6 is 0 Å². The fourth-order valence-corrected chi connectivity index (χ4v) is 3.18. The van der Waals surface area contributed by atoms with E-state index in [1.807, 2.05) is 0 Å². The van der Waals surface area contributed by atoms with E-state index in [4.69, 9.17) is 10.2 Å². The standard InChI is InChI=1S/C13H24N2O3/c16-10-9-14-5-7-15(8-6-14)12-3-1-11(2-4-12)13(17)18/h11-12,16H,1-10H2,(H,17,18). The van der Waals surface area contributed by atoms with Gasteiger partial charge in [-0.05, 0) is 25.7 Å². The van der Waals surface area contributed by atoms with Crippen molar-refractivity contribution in [2.75, 3.05) is 39.3 Å². The van der Waals surface area contributed by atoms with Gasteiger partial charge in [-0.3, -0.25) is 14.6 Å². The summed E-state index contributed by atoms with van der Waals surface area (Å²) in [6.45, 7) is 5.19. The number of carbonyl (C=O) groups is 1. The normalized spacial score (nSPS) is 31.4. The number of carboxylic acid groups (broad SMARTS) is 1. The molecule has 0 atom stereocenters. The first-order chi connectivity index (χ1) is 8.70. The van der Waals surface area contributed by atoms with Gasteiger partial charge in [0.25, 0.3) is 0 Å². The maximum absolute atomic E-state index is 10.9. The fourth-order valence-electron chi connectivity index (χ4n) is 3.18. The van der Waals surface area contributed by atoms with Crippen LogP contribution in [0.25, 0.3) is 0 Å². The molecule has 5 nitrogen and oxygen atoms in total. The number of aliphatic carboxylic acids is 1. The van der Waals surface area contributed by atoms with Crippen LogP contribution in [0.4, 0.5) is 0 Å². The summed E-state index contributed by atoms with van der Waals surface area (Å²) in [5.41, 5.74) is 0. The smallest absolute Gasteiger partial charge is 0.306 e. The van der Waals surface area contributed by atoms with Crippen molar-refractivity contribution >= 4 is 5.97 Å². The lowest BCUT2D eigenvalue weighted by molar-refractivity contribution is -0.143. The summed E-state index contributed by atoms with van der Waals surface area (Å²) in [7, 11) is 0. The average Bonchev–Trinajstić information content (AvgIpc) is 2.40. The summed E-state index contributed by atoms with van der Waals surface area (Å²) in [5, 5.41) is 17.9. The fraction of sp³-hybridized carbons (Fsp3) is 0.923. The number of piperazine rings is 1. The zero-order valence-electron chi connectivity index (χ0n) is 10.9. The molecule has 18 heavy (non-hydrogen) atoms. The molecule has 1 heterocycles. The Morgan fingerprint density at radius 3 is 2.17 bits per heavy atom. The quantitative estimate of drug-likeness (QED) is 0.754. The number of hydrogen-bond acceptors (Lipinski definition) is 4. The molecule has 0 amide bonds. The number of aliphatic hydroxyl groups is 1. The van der Waals surface area contributed by atoms with Gasteiger partial charge in [-0.15, -0.1) is 0 Å². The number of rotatable bonds is 4. The number of nitrogens with zero attached hydrogens (tertiary/aromatic N) is 2. The molecule has 0 aromatic rings. The topological polar surface area (TPSA) is 64.0 Å². The molecule has 1 aliphatic carbocycles. The number of carboxylic acids is 1. The highest BCUT2D eigenvalue weighted by Gasteiger charge is 2.30. The zero-order chi connectivity index (χ0) is 13.0. The average molecular weight is 256 g/mol. The molecule has 0 spiro atoms. The molecule has 1 aliphatic heterocycles. The first-order valence-electron chi connectivity index (χ1n) is 7.00. The molecule has 2 fully saturated rings. The monoisotopic (exact) mass is 256 g/mol. The lowest BCUT2D eigenvalue weighted by Crippen LogP contribution is -2.51. The van der Waals surface area contributed by atoms with Crippen molar-refractivity contribution in [2.45, 2.75) is 31.7 Å². The zero-order valence-corrected chi connectivity index (χ0v) is 10.9. The van der Waals surface area contributed by atoms with E-state index < -0.39 is 5.97 Å². The van der Waals surface area contributed by atoms with Crippen LogP contribution in [-0.4, -0.2) is 71.4 Å². The second-order valence-electron chi connectivity index (χ2n) is 5.44. The first-order valence-corrected chi connectivity index (χ1v) is 7.00. The van der Waals surface area contributed by atoms with Crippen LogP contribution in [0.15, 0.2) is 0 Å². The van der Waals surface area contributed by atoms with E-state index >= 15 is 0 Å². The Balaban J connectivity index is 1.73. The molecule has 0 radical (unpaired) electrons. The summed E-state index contributed by atoms with van der Waals surface area (Å²) in [4.78, 5) is 15.7. The van der Waals surface area contributed by atoms with E-state index in [-0.39, 0.29) is 12.5 Å². The van der Waals surface area contributed by atoms with Crippen LogP contribution in [0.2, 0.25) is 0 Å². The van der Waals surface area contributed by atoms with Crippen molar-refractivity contribution in [1.82, 2.24) is 9.80 Å². The first kappa shape index (κ1) is 13.8. The van der Waals surface area contributed by atoms with Gasteiger partial charge in [-0.25, -0.2) is 0 Å². The minimum atomic E-state index is -0.624. The molecule has 5 heteroatoms. The SMILES string of the molecule is O=C(O)C1CCC(N2CCN(CCO)CC2)CC1. The maximum atomic E-state index is 10.9. The van der Waals surface area contributed by atoms with Crippen molar-refractivity contribution in [3.8, 4) is 0 Å². The van der Waals surface area contributed by atoms with Crippen molar-refractivity contribution in [2.24, 2.45) is 5.92 Å². The van der Waals surface area contributed by atoms with E-state index in [0.29, 0.717) is 6.04 Å². The number of aliphatic hydroxyl groups excluding tert-OH is 1. The predicted molar refractivity (Wildman–Crippen MR) is 68.5 cm³/mol. The van der Waals surface area contributed by atoms with E-state index in [2.05, 4.69) is 9.80 Å². The molecule has 1 saturated heterocycles. The number of hydrogen-bond donors (Lipinski definition) is 2. The van der Waals surface area contributed by atoms with Crippen molar-refractivity contribution < 1.29 is 15.0 Å². The molecule has 0 unspecified atom stereocenters. The minimum Gasteiger partial charge on any atom is -0.481 e. The third-order valence-electron chi connectivity index (χ3n) is 4.39. The second kappa shape index (κ2) is 6.50. The van der Waals surface area contributed by atoms with Crippen molar-refractivity contribution in [1.29, 1.82) is 0 Å². The lowest BCUT2D eigenvalue weighted by atomic mass is 9.85. The molecule has 104 valence electrons. The Hall–Kier alpha value is -0.650. The number of β-amino-alcohol motifs (C(OH)–C–C–N with tert-alkyl or cyclic N) is 1. The van der Waals surface area contributed by atoms with E-state index in [1.54, 1.807) is 0 Å². The molecule has 1 saturated carbocycles. The molecule has 0 aromatic heterocycles. The van der Waals surface area contributed by atoms with Crippen LogP contribution in [0, 0.1) is 5.92 Å². The van der Waals surface area contributed by atoms with Gasteiger partial charge in [0.2, 0.25) is 0 Å². The molecule has 0 bridgehead atoms. The highest BCUT2D eigenvalue weighted by Crippen LogP contribution is 2.28. The molecule has 2 aliphatic rings. The van der Waals surface area contributed by atoms with Crippen LogP contribution in [0.5, 0.6) is 0 Å². The molecule has 0 aromatic carbocycles. The van der Waals surface area contributed by atoms with Gasteiger partial charge in [0.05, 0.1) is 12.5 Å². The maximum Gasteiger partial charge on any atom is 0.306 e. The van der Waals surface area contributed by atoms with E-state index in [9.17, 15) is 4.79 Å². The van der Waals surface area contributed by atoms with Gasteiger partial charge < -0.3 is 10.2 Å². The van der Waals surface area contributed by atoms with Crippen LogP contribution in [-0.2, 0) is 4.79 Å². The highest BCUT2D eigenvalue weighted by molar-refractivity contribution is 5.70. The minimum absolute atomic E-state index is 0.114. The van der Waals surface area contributed by atoms with Crippen molar-refractivity contribution in [3.05, 3.63) is 0 Å². The summed E-state index contributed by atoms with van der Waals surface area (Å²) in [6, 6.07) is 0.580. The summed E-state index contributed by atoms with van der Waals surface area (Å²) in [5.74, 6) is -0.738. The van der Waals surface area contributed by atoms with Gasteiger partial charge >= 0.3 is 5.97 Å².